The van der Waals surface area contributed by atoms with Crippen LogP contribution in [-0.4, -0.2) is 5.78 Å². The van der Waals surface area contributed by atoms with Crippen LogP contribution in [0.15, 0.2) is 34.9 Å². The predicted octanol–water partition coefficient (Wildman–Crippen LogP) is 4.67. The number of carbonyl (C=O) groups excluding carboxylic acids is 1. The summed E-state index contributed by atoms with van der Waals surface area (Å²) in [6.45, 7) is 0. The standard InChI is InChI=1S/C12H7Cl3O2/c13-8-2-1-7(10(14)6-8)5-11(16)9-3-4-17-12(9)15/h1-4,6H,5H2. The van der Waals surface area contributed by atoms with Gasteiger partial charge in [0.05, 0.1) is 11.8 Å². The molecule has 0 N–H and O–H groups in total. The maximum atomic E-state index is 11.9. The third-order valence-electron chi connectivity index (χ3n) is 2.28. The van der Waals surface area contributed by atoms with E-state index in [1.807, 2.05) is 0 Å². The average molecular weight is 290 g/mol. The molecule has 0 aliphatic heterocycles. The second kappa shape index (κ2) is 5.13. The van der Waals surface area contributed by atoms with Gasteiger partial charge in [0.15, 0.2) is 5.78 Å². The van der Waals surface area contributed by atoms with E-state index in [0.717, 1.165) is 0 Å². The molecule has 1 heterocycles. The van der Waals surface area contributed by atoms with Crippen molar-refractivity contribution in [3.05, 3.63) is 56.9 Å². The number of Topliss-reactive ketones (excluding diaryl/α,β-unsaturated/α-hetero) is 1. The van der Waals surface area contributed by atoms with E-state index in [4.69, 9.17) is 39.2 Å². The van der Waals surface area contributed by atoms with Gasteiger partial charge in [0.25, 0.3) is 0 Å². The summed E-state index contributed by atoms with van der Waals surface area (Å²) in [5.41, 5.74) is 1.07. The van der Waals surface area contributed by atoms with Crippen molar-refractivity contribution in [3.8, 4) is 0 Å². The van der Waals surface area contributed by atoms with Crippen LogP contribution in [0.4, 0.5) is 0 Å². The van der Waals surface area contributed by atoms with Crippen LogP contribution in [0.3, 0.4) is 0 Å². The monoisotopic (exact) mass is 288 g/mol. The third-order valence-corrected chi connectivity index (χ3v) is 3.16. The lowest BCUT2D eigenvalue weighted by molar-refractivity contribution is 0.0992. The van der Waals surface area contributed by atoms with Crippen LogP contribution in [0.1, 0.15) is 15.9 Å². The van der Waals surface area contributed by atoms with E-state index in [1.54, 1.807) is 18.2 Å². The van der Waals surface area contributed by atoms with Crippen LogP contribution in [0.2, 0.25) is 15.3 Å². The third kappa shape index (κ3) is 2.83. The van der Waals surface area contributed by atoms with Crippen LogP contribution in [0.5, 0.6) is 0 Å². The lowest BCUT2D eigenvalue weighted by atomic mass is 10.1. The molecule has 0 atom stereocenters. The molecule has 88 valence electrons. The number of halogens is 3. The van der Waals surface area contributed by atoms with E-state index >= 15 is 0 Å². The van der Waals surface area contributed by atoms with E-state index in [1.165, 1.54) is 12.3 Å². The molecule has 0 aliphatic rings. The minimum atomic E-state index is -0.145. The van der Waals surface area contributed by atoms with Gasteiger partial charge >= 0.3 is 0 Å². The Kier molecular flexibility index (Phi) is 3.77. The highest BCUT2D eigenvalue weighted by atomic mass is 35.5. The highest BCUT2D eigenvalue weighted by Gasteiger charge is 2.15. The summed E-state index contributed by atoms with van der Waals surface area (Å²) < 4.78 is 4.86. The molecular weight excluding hydrogens is 282 g/mol. The first kappa shape index (κ1) is 12.5. The summed E-state index contributed by atoms with van der Waals surface area (Å²) in [5.74, 6) is -0.145. The second-order valence-corrected chi connectivity index (χ2v) is 4.63. The first-order valence-electron chi connectivity index (χ1n) is 4.78. The lowest BCUT2D eigenvalue weighted by Crippen LogP contribution is -2.03. The topological polar surface area (TPSA) is 30.2 Å². The van der Waals surface area contributed by atoms with Gasteiger partial charge in [-0.1, -0.05) is 29.3 Å². The van der Waals surface area contributed by atoms with E-state index in [-0.39, 0.29) is 17.4 Å². The summed E-state index contributed by atoms with van der Waals surface area (Å²) in [6, 6.07) is 6.54. The number of rotatable bonds is 3. The molecule has 2 rings (SSSR count). The molecule has 0 aliphatic carbocycles. The molecule has 1 aromatic carbocycles. The van der Waals surface area contributed by atoms with E-state index in [0.29, 0.717) is 21.2 Å². The minimum absolute atomic E-state index is 0.0973. The van der Waals surface area contributed by atoms with Crippen molar-refractivity contribution in [2.75, 3.05) is 0 Å². The largest absolute Gasteiger partial charge is 0.452 e. The molecule has 5 heteroatoms. The molecule has 2 aromatic rings. The van der Waals surface area contributed by atoms with Crippen molar-refractivity contribution in [1.29, 1.82) is 0 Å². The van der Waals surface area contributed by atoms with Crippen molar-refractivity contribution in [2.24, 2.45) is 0 Å². The maximum Gasteiger partial charge on any atom is 0.203 e. The molecule has 0 fully saturated rings. The number of benzene rings is 1. The van der Waals surface area contributed by atoms with Crippen LogP contribution in [0, 0.1) is 0 Å². The molecule has 0 amide bonds. The Hall–Kier alpha value is -0.960. The Balaban J connectivity index is 2.22. The molecule has 17 heavy (non-hydrogen) atoms. The fourth-order valence-electron chi connectivity index (χ4n) is 1.43. The zero-order valence-electron chi connectivity index (χ0n) is 8.54. The Morgan fingerprint density at radius 1 is 1.18 bits per heavy atom. The first-order chi connectivity index (χ1) is 8.08. The van der Waals surface area contributed by atoms with Crippen LogP contribution >= 0.6 is 34.8 Å². The zero-order valence-corrected chi connectivity index (χ0v) is 10.8. The smallest absolute Gasteiger partial charge is 0.203 e. The van der Waals surface area contributed by atoms with Gasteiger partial charge < -0.3 is 4.42 Å². The van der Waals surface area contributed by atoms with E-state index in [9.17, 15) is 4.79 Å². The Labute approximate surface area is 113 Å². The van der Waals surface area contributed by atoms with Gasteiger partial charge in [0.1, 0.15) is 0 Å². The molecule has 0 saturated carbocycles. The SMILES string of the molecule is O=C(Cc1ccc(Cl)cc1Cl)c1ccoc1Cl. The fourth-order valence-corrected chi connectivity index (χ4v) is 2.12. The van der Waals surface area contributed by atoms with Crippen LogP contribution < -0.4 is 0 Å². The quantitative estimate of drug-likeness (QED) is 0.769. The van der Waals surface area contributed by atoms with Gasteiger partial charge in [-0.2, -0.15) is 0 Å². The normalized spacial score (nSPS) is 10.5. The molecule has 0 saturated heterocycles. The van der Waals surface area contributed by atoms with Crippen molar-refractivity contribution < 1.29 is 9.21 Å². The number of furan rings is 1. The van der Waals surface area contributed by atoms with Crippen molar-refractivity contribution in [1.82, 2.24) is 0 Å². The number of ketones is 1. The summed E-state index contributed by atoms with van der Waals surface area (Å²) in [6.07, 6.45) is 1.54. The lowest BCUT2D eigenvalue weighted by Gasteiger charge is -2.03. The summed E-state index contributed by atoms with van der Waals surface area (Å²) in [5, 5.41) is 1.10. The molecule has 0 unspecified atom stereocenters. The van der Waals surface area contributed by atoms with Gasteiger partial charge in [0, 0.05) is 16.5 Å². The molecule has 2 nitrogen and oxygen atoms in total. The Morgan fingerprint density at radius 2 is 1.94 bits per heavy atom. The van der Waals surface area contributed by atoms with Crippen molar-refractivity contribution in [3.63, 3.8) is 0 Å². The molecule has 0 spiro atoms. The minimum Gasteiger partial charge on any atom is -0.452 e. The van der Waals surface area contributed by atoms with E-state index in [2.05, 4.69) is 0 Å². The zero-order chi connectivity index (χ0) is 12.4. The Bertz CT molecular complexity index is 561. The predicted molar refractivity (Wildman–Crippen MR) is 68.2 cm³/mol. The fraction of sp³-hybridized carbons (Fsp3) is 0.0833. The maximum absolute atomic E-state index is 11.9. The van der Waals surface area contributed by atoms with E-state index < -0.39 is 0 Å². The highest BCUT2D eigenvalue weighted by Crippen LogP contribution is 2.24. The molecular formula is C12H7Cl3O2. The summed E-state index contributed by atoms with van der Waals surface area (Å²) >= 11 is 17.5. The summed E-state index contributed by atoms with van der Waals surface area (Å²) in [7, 11) is 0. The van der Waals surface area contributed by atoms with Gasteiger partial charge in [-0.15, -0.1) is 0 Å². The Morgan fingerprint density at radius 3 is 2.53 bits per heavy atom. The van der Waals surface area contributed by atoms with Gasteiger partial charge in [0.2, 0.25) is 5.22 Å². The number of carbonyl (C=O) groups is 1. The molecule has 0 bridgehead atoms. The number of hydrogen-bond acceptors (Lipinski definition) is 2. The van der Waals surface area contributed by atoms with Crippen molar-refractivity contribution in [2.45, 2.75) is 6.42 Å². The molecule has 1 aromatic heterocycles. The van der Waals surface area contributed by atoms with Gasteiger partial charge in [-0.05, 0) is 35.4 Å². The van der Waals surface area contributed by atoms with Crippen LogP contribution in [0.25, 0.3) is 0 Å². The van der Waals surface area contributed by atoms with Crippen LogP contribution in [-0.2, 0) is 6.42 Å². The average Bonchev–Trinajstić information content (AvgIpc) is 2.68. The highest BCUT2D eigenvalue weighted by molar-refractivity contribution is 6.35. The summed E-state index contributed by atoms with van der Waals surface area (Å²) in [4.78, 5) is 11.9. The first-order valence-corrected chi connectivity index (χ1v) is 5.91. The number of hydrogen-bond donors (Lipinski definition) is 0. The second-order valence-electron chi connectivity index (χ2n) is 3.44. The molecule has 0 radical (unpaired) electrons. The van der Waals surface area contributed by atoms with Gasteiger partial charge in [-0.3, -0.25) is 4.79 Å². The van der Waals surface area contributed by atoms with Gasteiger partial charge in [-0.25, -0.2) is 0 Å². The van der Waals surface area contributed by atoms with Crippen molar-refractivity contribution >= 4 is 40.6 Å².